The van der Waals surface area contributed by atoms with Gasteiger partial charge in [-0.3, -0.25) is 9.11 Å². The minimum Gasteiger partial charge on any atom is -0.476 e. The van der Waals surface area contributed by atoms with Crippen LogP contribution in [0.4, 0.5) is 10.1 Å². The normalized spacial score (nSPS) is 12.8. The van der Waals surface area contributed by atoms with Crippen LogP contribution < -0.4 is 14.8 Å². The molecule has 1 atom stereocenters. The molecule has 0 saturated carbocycles. The predicted molar refractivity (Wildman–Crippen MR) is 109 cm³/mol. The number of halogens is 1. The molecule has 1 heterocycles. The summed E-state index contributed by atoms with van der Waals surface area (Å²) in [6.45, 7) is 8.32. The van der Waals surface area contributed by atoms with Crippen molar-refractivity contribution in [3.8, 4) is 5.88 Å². The van der Waals surface area contributed by atoms with Crippen molar-refractivity contribution in [1.82, 2.24) is 10.3 Å². The first-order valence-corrected chi connectivity index (χ1v) is 10.7. The lowest BCUT2D eigenvalue weighted by molar-refractivity contribution is 0.298. The molecule has 1 aromatic heterocycles. The van der Waals surface area contributed by atoms with Crippen molar-refractivity contribution in [2.24, 2.45) is 0 Å². The molecule has 0 aliphatic carbocycles. The van der Waals surface area contributed by atoms with Gasteiger partial charge in [0.1, 0.15) is 6.61 Å². The Bertz CT molecular complexity index is 871. The van der Waals surface area contributed by atoms with Crippen LogP contribution in [0.1, 0.15) is 37.8 Å². The van der Waals surface area contributed by atoms with E-state index in [1.807, 2.05) is 0 Å². The SMILES string of the molecule is Cc1cc(OCCNC(C)C)ncc1NS(=O)(=O)c1ccc(C(C)CF)cc1. The Kier molecular flexibility index (Phi) is 7.77. The lowest BCUT2D eigenvalue weighted by Crippen LogP contribution is -2.27. The lowest BCUT2D eigenvalue weighted by Gasteiger charge is -2.13. The minimum atomic E-state index is -3.76. The standard InChI is InChI=1S/C20H28FN3O3S/c1-14(2)22-9-10-27-20-11-15(3)19(13-23-20)24-28(25,26)18-7-5-17(6-8-18)16(4)12-21/h5-8,11,13-14,16,22,24H,9-10,12H2,1-4H3. The maximum Gasteiger partial charge on any atom is 0.261 e. The third-order valence-corrected chi connectivity index (χ3v) is 5.61. The summed E-state index contributed by atoms with van der Waals surface area (Å²) in [5.41, 5.74) is 1.84. The van der Waals surface area contributed by atoms with Gasteiger partial charge in [-0.05, 0) is 30.2 Å². The van der Waals surface area contributed by atoms with Gasteiger partial charge in [-0.25, -0.2) is 13.4 Å². The molecule has 0 saturated heterocycles. The van der Waals surface area contributed by atoms with Gasteiger partial charge in [-0.15, -0.1) is 0 Å². The molecular formula is C20H28FN3O3S. The molecule has 2 aromatic rings. The molecule has 2 rings (SSSR count). The Morgan fingerprint density at radius 2 is 1.86 bits per heavy atom. The van der Waals surface area contributed by atoms with E-state index in [2.05, 4.69) is 28.9 Å². The van der Waals surface area contributed by atoms with E-state index in [1.54, 1.807) is 32.0 Å². The van der Waals surface area contributed by atoms with E-state index in [1.165, 1.54) is 18.3 Å². The van der Waals surface area contributed by atoms with Gasteiger partial charge < -0.3 is 10.1 Å². The van der Waals surface area contributed by atoms with Crippen LogP contribution in [0.5, 0.6) is 5.88 Å². The second-order valence-electron chi connectivity index (χ2n) is 7.02. The molecule has 1 aromatic carbocycles. The zero-order chi connectivity index (χ0) is 20.7. The van der Waals surface area contributed by atoms with E-state index in [4.69, 9.17) is 4.74 Å². The number of sulfonamides is 1. The molecule has 2 N–H and O–H groups in total. The number of aromatic nitrogens is 1. The molecule has 0 fully saturated rings. The van der Waals surface area contributed by atoms with Crippen molar-refractivity contribution in [1.29, 1.82) is 0 Å². The van der Waals surface area contributed by atoms with Crippen LogP contribution in [0, 0.1) is 6.92 Å². The quantitative estimate of drug-likeness (QED) is 0.586. The molecular weight excluding hydrogens is 381 g/mol. The summed E-state index contributed by atoms with van der Waals surface area (Å²) >= 11 is 0. The summed E-state index contributed by atoms with van der Waals surface area (Å²) in [5, 5.41) is 3.24. The zero-order valence-electron chi connectivity index (χ0n) is 16.7. The van der Waals surface area contributed by atoms with Gasteiger partial charge in [-0.2, -0.15) is 0 Å². The Labute approximate surface area is 166 Å². The van der Waals surface area contributed by atoms with Crippen LogP contribution in [0.2, 0.25) is 0 Å². The van der Waals surface area contributed by atoms with Crippen molar-refractivity contribution in [2.45, 2.75) is 44.6 Å². The highest BCUT2D eigenvalue weighted by molar-refractivity contribution is 7.92. The average Bonchev–Trinajstić information content (AvgIpc) is 2.66. The van der Waals surface area contributed by atoms with Crippen LogP contribution in [-0.2, 0) is 10.0 Å². The van der Waals surface area contributed by atoms with Crippen molar-refractivity contribution in [2.75, 3.05) is 24.5 Å². The van der Waals surface area contributed by atoms with Gasteiger partial charge in [0.05, 0.1) is 23.5 Å². The molecule has 0 radical (unpaired) electrons. The number of benzene rings is 1. The van der Waals surface area contributed by atoms with Gasteiger partial charge in [-0.1, -0.05) is 32.9 Å². The first kappa shape index (κ1) is 22.1. The molecule has 8 heteroatoms. The molecule has 0 aliphatic rings. The highest BCUT2D eigenvalue weighted by Gasteiger charge is 2.17. The molecule has 6 nitrogen and oxygen atoms in total. The van der Waals surface area contributed by atoms with Gasteiger partial charge in [0.25, 0.3) is 10.0 Å². The van der Waals surface area contributed by atoms with Crippen LogP contribution >= 0.6 is 0 Å². The van der Waals surface area contributed by atoms with Crippen LogP contribution in [0.25, 0.3) is 0 Å². The summed E-state index contributed by atoms with van der Waals surface area (Å²) in [6, 6.07) is 8.29. The van der Waals surface area contributed by atoms with E-state index in [-0.39, 0.29) is 10.8 Å². The van der Waals surface area contributed by atoms with E-state index >= 15 is 0 Å². The number of pyridine rings is 1. The minimum absolute atomic E-state index is 0.113. The third kappa shape index (κ3) is 6.17. The topological polar surface area (TPSA) is 80.3 Å². The number of alkyl halides is 1. The number of ether oxygens (including phenoxy) is 1. The van der Waals surface area contributed by atoms with Crippen LogP contribution in [-0.4, -0.2) is 39.3 Å². The Balaban J connectivity index is 2.05. The number of nitrogens with one attached hydrogen (secondary N) is 2. The summed E-state index contributed by atoms with van der Waals surface area (Å²) in [7, 11) is -3.76. The summed E-state index contributed by atoms with van der Waals surface area (Å²) in [6.07, 6.45) is 1.44. The fourth-order valence-corrected chi connectivity index (χ4v) is 3.60. The zero-order valence-corrected chi connectivity index (χ0v) is 17.5. The highest BCUT2D eigenvalue weighted by atomic mass is 32.2. The van der Waals surface area contributed by atoms with Gasteiger partial charge in [0, 0.05) is 24.6 Å². The number of anilines is 1. The molecule has 154 valence electrons. The fraction of sp³-hybridized carbons (Fsp3) is 0.450. The number of rotatable bonds is 10. The first-order valence-electron chi connectivity index (χ1n) is 9.24. The van der Waals surface area contributed by atoms with Gasteiger partial charge in [0.2, 0.25) is 5.88 Å². The Hall–Kier alpha value is -2.19. The highest BCUT2D eigenvalue weighted by Crippen LogP contribution is 2.23. The summed E-state index contributed by atoms with van der Waals surface area (Å²) < 4.78 is 46.1. The smallest absolute Gasteiger partial charge is 0.261 e. The molecule has 1 unspecified atom stereocenters. The van der Waals surface area contributed by atoms with Crippen molar-refractivity contribution >= 4 is 15.7 Å². The molecule has 0 amide bonds. The van der Waals surface area contributed by atoms with Crippen molar-refractivity contribution < 1.29 is 17.5 Å². The van der Waals surface area contributed by atoms with E-state index in [0.717, 1.165) is 5.56 Å². The molecule has 28 heavy (non-hydrogen) atoms. The molecule has 0 bridgehead atoms. The predicted octanol–water partition coefficient (Wildman–Crippen LogP) is 3.64. The summed E-state index contributed by atoms with van der Waals surface area (Å²) in [4.78, 5) is 4.28. The number of hydrogen-bond donors (Lipinski definition) is 2. The largest absolute Gasteiger partial charge is 0.476 e. The maximum absolute atomic E-state index is 12.8. The van der Waals surface area contributed by atoms with E-state index in [9.17, 15) is 12.8 Å². The van der Waals surface area contributed by atoms with Gasteiger partial charge in [0.15, 0.2) is 0 Å². The van der Waals surface area contributed by atoms with Crippen molar-refractivity contribution in [3.63, 3.8) is 0 Å². The first-order chi connectivity index (χ1) is 13.2. The number of nitrogens with zero attached hydrogens (tertiary/aromatic N) is 1. The molecule has 0 aliphatic heterocycles. The van der Waals surface area contributed by atoms with Gasteiger partial charge >= 0.3 is 0 Å². The second kappa shape index (κ2) is 9.84. The van der Waals surface area contributed by atoms with E-state index < -0.39 is 16.7 Å². The third-order valence-electron chi connectivity index (χ3n) is 4.23. The van der Waals surface area contributed by atoms with Crippen molar-refractivity contribution in [3.05, 3.63) is 47.7 Å². The Morgan fingerprint density at radius 1 is 1.18 bits per heavy atom. The van der Waals surface area contributed by atoms with Crippen LogP contribution in [0.15, 0.2) is 41.4 Å². The van der Waals surface area contributed by atoms with Crippen LogP contribution in [0.3, 0.4) is 0 Å². The lowest BCUT2D eigenvalue weighted by atomic mass is 10.0. The number of aryl methyl sites for hydroxylation is 1. The second-order valence-corrected chi connectivity index (χ2v) is 8.71. The number of hydrogen-bond acceptors (Lipinski definition) is 5. The monoisotopic (exact) mass is 409 g/mol. The fourth-order valence-electron chi connectivity index (χ4n) is 2.49. The average molecular weight is 410 g/mol. The Morgan fingerprint density at radius 3 is 2.43 bits per heavy atom. The molecule has 0 spiro atoms. The summed E-state index contributed by atoms with van der Waals surface area (Å²) in [5.74, 6) is 0.176. The van der Waals surface area contributed by atoms with E-state index in [0.29, 0.717) is 36.3 Å². The maximum atomic E-state index is 12.8.